The third-order valence-electron chi connectivity index (χ3n) is 3.93. The SMILES string of the molecule is C=C(OCC)c1nn(CC(=O)OC)c(=O)c2cc3c(n12)C=CCC3. The van der Waals surface area contributed by atoms with Gasteiger partial charge in [-0.2, -0.15) is 0 Å². The highest BCUT2D eigenvalue weighted by Crippen LogP contribution is 2.25. The molecule has 0 aromatic carbocycles. The summed E-state index contributed by atoms with van der Waals surface area (Å²) < 4.78 is 13.0. The van der Waals surface area contributed by atoms with Crippen LogP contribution in [0.1, 0.15) is 30.4 Å². The molecular weight excluding hydrogens is 310 g/mol. The highest BCUT2D eigenvalue weighted by atomic mass is 16.5. The van der Waals surface area contributed by atoms with Gasteiger partial charge >= 0.3 is 5.97 Å². The van der Waals surface area contributed by atoms with Gasteiger partial charge < -0.3 is 9.47 Å². The van der Waals surface area contributed by atoms with E-state index in [4.69, 9.17) is 4.74 Å². The average molecular weight is 329 g/mol. The maximum absolute atomic E-state index is 12.7. The molecule has 24 heavy (non-hydrogen) atoms. The third kappa shape index (κ3) is 2.62. The molecule has 126 valence electrons. The molecule has 0 radical (unpaired) electrons. The summed E-state index contributed by atoms with van der Waals surface area (Å²) in [7, 11) is 1.27. The fraction of sp³-hybridized carbons (Fsp3) is 0.353. The molecule has 2 heterocycles. The zero-order chi connectivity index (χ0) is 17.3. The summed E-state index contributed by atoms with van der Waals surface area (Å²) >= 11 is 0. The molecule has 2 aromatic rings. The Balaban J connectivity index is 2.28. The predicted octanol–water partition coefficient (Wildman–Crippen LogP) is 1.64. The minimum absolute atomic E-state index is 0.260. The average Bonchev–Trinajstić information content (AvgIpc) is 2.97. The number of allylic oxidation sites excluding steroid dienone is 1. The van der Waals surface area contributed by atoms with Crippen LogP contribution in [0.15, 0.2) is 23.5 Å². The number of nitrogens with zero attached hydrogens (tertiary/aromatic N) is 3. The lowest BCUT2D eigenvalue weighted by Gasteiger charge is -2.14. The molecular formula is C17H19N3O4. The Kier molecular flexibility index (Phi) is 4.24. The van der Waals surface area contributed by atoms with Crippen LogP contribution in [0, 0.1) is 0 Å². The zero-order valence-corrected chi connectivity index (χ0v) is 13.7. The standard InChI is InChI=1S/C17H19N3O4/c1-4-24-11(2)16-18-19(10-15(21)23-3)17(22)14-9-12-7-5-6-8-13(12)20(14)16/h6,8-9H,2,4-5,7,10H2,1,3H3. The van der Waals surface area contributed by atoms with Gasteiger partial charge in [-0.3, -0.25) is 14.0 Å². The first kappa shape index (κ1) is 16.0. The molecule has 0 atom stereocenters. The van der Waals surface area contributed by atoms with E-state index in [9.17, 15) is 9.59 Å². The van der Waals surface area contributed by atoms with Gasteiger partial charge in [-0.1, -0.05) is 12.7 Å². The summed E-state index contributed by atoms with van der Waals surface area (Å²) in [6.07, 6.45) is 5.81. The number of methoxy groups -OCH3 is 1. The first-order valence-corrected chi connectivity index (χ1v) is 7.77. The molecule has 0 saturated carbocycles. The van der Waals surface area contributed by atoms with Crippen molar-refractivity contribution < 1.29 is 14.3 Å². The maximum Gasteiger partial charge on any atom is 0.327 e. The molecule has 0 amide bonds. The van der Waals surface area contributed by atoms with Crippen molar-refractivity contribution in [2.24, 2.45) is 0 Å². The Morgan fingerprint density at radius 2 is 2.25 bits per heavy atom. The van der Waals surface area contributed by atoms with Crippen LogP contribution in [0.4, 0.5) is 0 Å². The second kappa shape index (κ2) is 6.35. The van der Waals surface area contributed by atoms with Gasteiger partial charge in [-0.05, 0) is 37.5 Å². The smallest absolute Gasteiger partial charge is 0.327 e. The van der Waals surface area contributed by atoms with Crippen molar-refractivity contribution in [1.29, 1.82) is 0 Å². The Morgan fingerprint density at radius 1 is 1.46 bits per heavy atom. The first-order valence-electron chi connectivity index (χ1n) is 7.77. The van der Waals surface area contributed by atoms with Crippen LogP contribution < -0.4 is 5.56 Å². The van der Waals surface area contributed by atoms with E-state index >= 15 is 0 Å². The van der Waals surface area contributed by atoms with Crippen LogP contribution in [0.3, 0.4) is 0 Å². The van der Waals surface area contributed by atoms with E-state index in [0.717, 1.165) is 28.8 Å². The van der Waals surface area contributed by atoms with E-state index in [1.807, 2.05) is 19.1 Å². The van der Waals surface area contributed by atoms with E-state index in [-0.39, 0.29) is 12.1 Å². The van der Waals surface area contributed by atoms with Crippen LogP contribution >= 0.6 is 0 Å². The van der Waals surface area contributed by atoms with Crippen molar-refractivity contribution >= 4 is 23.3 Å². The molecule has 3 rings (SSSR count). The lowest BCUT2D eigenvalue weighted by atomic mass is 10.0. The first-order chi connectivity index (χ1) is 11.6. The monoisotopic (exact) mass is 329 g/mol. The number of aromatic nitrogens is 3. The van der Waals surface area contributed by atoms with Gasteiger partial charge in [0.1, 0.15) is 12.1 Å². The number of ether oxygens (including phenoxy) is 2. The van der Waals surface area contributed by atoms with E-state index < -0.39 is 5.97 Å². The second-order valence-electron chi connectivity index (χ2n) is 5.44. The summed E-state index contributed by atoms with van der Waals surface area (Å²) in [6, 6.07) is 1.85. The van der Waals surface area contributed by atoms with E-state index in [1.165, 1.54) is 7.11 Å². The largest absolute Gasteiger partial charge is 0.491 e. The molecule has 2 aromatic heterocycles. The van der Waals surface area contributed by atoms with Crippen LogP contribution in [0.2, 0.25) is 0 Å². The minimum atomic E-state index is -0.543. The van der Waals surface area contributed by atoms with Crippen LogP contribution in [0.5, 0.6) is 0 Å². The number of carbonyl (C=O) groups is 1. The molecule has 0 N–H and O–H groups in total. The van der Waals surface area contributed by atoms with Crippen LogP contribution in [-0.4, -0.2) is 33.9 Å². The molecule has 0 aliphatic heterocycles. The quantitative estimate of drug-likeness (QED) is 0.616. The Labute approximate surface area is 138 Å². The molecule has 7 heteroatoms. The molecule has 0 fully saturated rings. The summed E-state index contributed by atoms with van der Waals surface area (Å²) in [4.78, 5) is 24.3. The van der Waals surface area contributed by atoms with Gasteiger partial charge in [-0.15, -0.1) is 5.10 Å². The second-order valence-corrected chi connectivity index (χ2v) is 5.44. The van der Waals surface area contributed by atoms with Crippen LogP contribution in [0.25, 0.3) is 17.4 Å². The van der Waals surface area contributed by atoms with Crippen molar-refractivity contribution in [2.45, 2.75) is 26.3 Å². The summed E-state index contributed by atoms with van der Waals surface area (Å²) in [6.45, 7) is 5.92. The Morgan fingerprint density at radius 3 is 2.96 bits per heavy atom. The van der Waals surface area contributed by atoms with E-state index in [1.54, 1.807) is 4.40 Å². The molecule has 0 bridgehead atoms. The Bertz CT molecular complexity index is 905. The topological polar surface area (TPSA) is 74.8 Å². The molecule has 7 nitrogen and oxygen atoms in total. The summed E-state index contributed by atoms with van der Waals surface area (Å²) in [5.41, 5.74) is 2.07. The zero-order valence-electron chi connectivity index (χ0n) is 13.7. The number of fused-ring (bicyclic) bond motifs is 3. The normalized spacial score (nSPS) is 12.9. The van der Waals surface area contributed by atoms with Crippen molar-refractivity contribution in [3.63, 3.8) is 0 Å². The van der Waals surface area contributed by atoms with Crippen molar-refractivity contribution in [3.05, 3.63) is 46.2 Å². The van der Waals surface area contributed by atoms with Gasteiger partial charge in [0.05, 0.1) is 19.4 Å². The molecule has 1 aliphatic carbocycles. The minimum Gasteiger partial charge on any atom is -0.491 e. The molecule has 0 unspecified atom stereocenters. The van der Waals surface area contributed by atoms with Crippen LogP contribution in [-0.2, 0) is 27.2 Å². The van der Waals surface area contributed by atoms with Gasteiger partial charge in [0.15, 0.2) is 11.6 Å². The number of hydrogen-bond acceptors (Lipinski definition) is 5. The fourth-order valence-electron chi connectivity index (χ4n) is 2.83. The molecule has 0 saturated heterocycles. The number of hydrogen-bond donors (Lipinski definition) is 0. The fourth-order valence-corrected chi connectivity index (χ4v) is 2.83. The van der Waals surface area contributed by atoms with Gasteiger partial charge in [0.2, 0.25) is 0 Å². The van der Waals surface area contributed by atoms with Crippen molar-refractivity contribution in [3.8, 4) is 0 Å². The lowest BCUT2D eigenvalue weighted by Crippen LogP contribution is -2.30. The third-order valence-corrected chi connectivity index (χ3v) is 3.93. The number of carbonyl (C=O) groups excluding carboxylic acids is 1. The summed E-state index contributed by atoms with van der Waals surface area (Å²) in [5, 5.41) is 4.30. The predicted molar refractivity (Wildman–Crippen MR) is 89.5 cm³/mol. The molecule has 0 spiro atoms. The maximum atomic E-state index is 12.7. The summed E-state index contributed by atoms with van der Waals surface area (Å²) in [5.74, 6) is 0.208. The van der Waals surface area contributed by atoms with E-state index in [2.05, 4.69) is 22.5 Å². The highest BCUT2D eigenvalue weighted by Gasteiger charge is 2.21. The molecule has 1 aliphatic rings. The number of rotatable bonds is 5. The Hall–Kier alpha value is -2.83. The van der Waals surface area contributed by atoms with Crippen molar-refractivity contribution in [1.82, 2.24) is 14.2 Å². The van der Waals surface area contributed by atoms with Gasteiger partial charge in [0.25, 0.3) is 5.56 Å². The highest BCUT2D eigenvalue weighted by molar-refractivity contribution is 5.70. The number of aryl methyl sites for hydroxylation is 1. The van der Waals surface area contributed by atoms with Gasteiger partial charge in [-0.25, -0.2) is 4.68 Å². The van der Waals surface area contributed by atoms with Crippen molar-refractivity contribution in [2.75, 3.05) is 13.7 Å². The number of esters is 1. The van der Waals surface area contributed by atoms with E-state index in [0.29, 0.717) is 23.7 Å². The van der Waals surface area contributed by atoms with Gasteiger partial charge in [0, 0.05) is 0 Å². The lowest BCUT2D eigenvalue weighted by molar-refractivity contribution is -0.141.